The Bertz CT molecular complexity index is 1480. The summed E-state index contributed by atoms with van der Waals surface area (Å²) in [6.07, 6.45) is 7.14. The maximum Gasteiger partial charge on any atom is 0.182 e. The highest BCUT2D eigenvalue weighted by atomic mass is 19.2. The molecule has 3 aromatic heterocycles. The van der Waals surface area contributed by atoms with Crippen LogP contribution in [0.3, 0.4) is 0 Å². The molecule has 1 saturated heterocycles. The summed E-state index contributed by atoms with van der Waals surface area (Å²) >= 11 is 0. The lowest BCUT2D eigenvalue weighted by Gasteiger charge is -2.33. The van der Waals surface area contributed by atoms with Crippen LogP contribution in [-0.4, -0.2) is 35.8 Å². The Morgan fingerprint density at radius 2 is 1.67 bits per heavy atom. The molecule has 2 fully saturated rings. The van der Waals surface area contributed by atoms with E-state index in [4.69, 9.17) is 9.72 Å². The molecule has 0 unspecified atom stereocenters. The Hall–Kier alpha value is -3.40. The summed E-state index contributed by atoms with van der Waals surface area (Å²) in [7, 11) is 0. The Morgan fingerprint density at radius 3 is 2.44 bits per heavy atom. The van der Waals surface area contributed by atoms with Crippen LogP contribution < -0.4 is 0 Å². The van der Waals surface area contributed by atoms with Gasteiger partial charge < -0.3 is 4.74 Å². The SMILES string of the molecule is Cc1nc2nc([C@H]3C[C@@H](C)O[C@@H](c4cnn(C5CC5)c4)C3)nc(-c3cc(F)c(F)cc3F)c2nc1C. The molecule has 3 atom stereocenters. The molecule has 0 bridgehead atoms. The number of halogens is 3. The van der Waals surface area contributed by atoms with Gasteiger partial charge in [-0.1, -0.05) is 0 Å². The minimum Gasteiger partial charge on any atom is -0.370 e. The molecule has 7 nitrogen and oxygen atoms in total. The fourth-order valence-electron chi connectivity index (χ4n) is 4.83. The lowest BCUT2D eigenvalue weighted by Crippen LogP contribution is -2.26. The Balaban J connectivity index is 1.45. The van der Waals surface area contributed by atoms with Crippen LogP contribution >= 0.6 is 0 Å². The molecule has 1 aromatic carbocycles. The average Bonchev–Trinajstić information content (AvgIpc) is 3.57. The van der Waals surface area contributed by atoms with Gasteiger partial charge in [-0.05, 0) is 52.5 Å². The van der Waals surface area contributed by atoms with Crippen molar-refractivity contribution in [3.05, 3.63) is 64.8 Å². The summed E-state index contributed by atoms with van der Waals surface area (Å²) in [6.45, 7) is 5.58. The molecule has 1 aliphatic heterocycles. The van der Waals surface area contributed by atoms with Crippen LogP contribution in [0, 0.1) is 31.3 Å². The number of rotatable bonds is 4. The van der Waals surface area contributed by atoms with Crippen LogP contribution in [-0.2, 0) is 4.74 Å². The zero-order chi connectivity index (χ0) is 25.1. The van der Waals surface area contributed by atoms with Gasteiger partial charge in [0.25, 0.3) is 0 Å². The fourth-order valence-corrected chi connectivity index (χ4v) is 4.83. The maximum absolute atomic E-state index is 14.9. The van der Waals surface area contributed by atoms with Gasteiger partial charge in [0.1, 0.15) is 22.9 Å². The van der Waals surface area contributed by atoms with Crippen molar-refractivity contribution in [1.82, 2.24) is 29.7 Å². The zero-order valence-corrected chi connectivity index (χ0v) is 20.2. The maximum atomic E-state index is 14.9. The van der Waals surface area contributed by atoms with Crippen molar-refractivity contribution in [3.8, 4) is 11.3 Å². The highest BCUT2D eigenvalue weighted by Crippen LogP contribution is 2.41. The van der Waals surface area contributed by atoms with Crippen molar-refractivity contribution < 1.29 is 17.9 Å². The molecule has 186 valence electrons. The summed E-state index contributed by atoms with van der Waals surface area (Å²) in [6, 6.07) is 1.81. The highest BCUT2D eigenvalue weighted by Gasteiger charge is 2.34. The van der Waals surface area contributed by atoms with Crippen LogP contribution in [0.25, 0.3) is 22.4 Å². The second-order valence-electron chi connectivity index (χ2n) is 9.83. The van der Waals surface area contributed by atoms with E-state index in [9.17, 15) is 13.2 Å². The molecule has 4 aromatic rings. The third-order valence-corrected chi connectivity index (χ3v) is 7.02. The first-order valence-corrected chi connectivity index (χ1v) is 12.1. The largest absolute Gasteiger partial charge is 0.370 e. The molecule has 1 saturated carbocycles. The first-order chi connectivity index (χ1) is 17.3. The summed E-state index contributed by atoms with van der Waals surface area (Å²) in [5, 5.41) is 4.49. The van der Waals surface area contributed by atoms with E-state index < -0.39 is 17.5 Å². The summed E-state index contributed by atoms with van der Waals surface area (Å²) < 4.78 is 50.9. The number of hydrogen-bond donors (Lipinski definition) is 0. The molecule has 6 rings (SSSR count). The molecule has 0 spiro atoms. The van der Waals surface area contributed by atoms with Gasteiger partial charge in [0.15, 0.2) is 17.3 Å². The van der Waals surface area contributed by atoms with Crippen molar-refractivity contribution in [1.29, 1.82) is 0 Å². The molecule has 10 heteroatoms. The van der Waals surface area contributed by atoms with E-state index >= 15 is 0 Å². The number of benzene rings is 1. The number of nitrogens with zero attached hydrogens (tertiary/aromatic N) is 6. The smallest absolute Gasteiger partial charge is 0.182 e. The fraction of sp³-hybridized carbons (Fsp3) is 0.423. The number of fused-ring (bicyclic) bond motifs is 1. The third-order valence-electron chi connectivity index (χ3n) is 7.02. The van der Waals surface area contributed by atoms with Crippen molar-refractivity contribution >= 4 is 11.2 Å². The monoisotopic (exact) mass is 494 g/mol. The molecule has 36 heavy (non-hydrogen) atoms. The van der Waals surface area contributed by atoms with Crippen LogP contribution in [0.2, 0.25) is 0 Å². The standard InChI is InChI=1S/C26H25F3N6O/c1-12-6-15(7-22(36-12)16-10-30-35(11-16)17-4-5-17)25-33-23(18-8-20(28)21(29)9-19(18)27)24-26(34-25)32-14(3)13(2)31-24/h8-12,15,17,22H,4-7H2,1-3H3/t12-,15+,22-/m1/s1. The molecule has 0 radical (unpaired) electrons. The minimum atomic E-state index is -1.26. The predicted octanol–water partition coefficient (Wildman–Crippen LogP) is 5.68. The van der Waals surface area contributed by atoms with Gasteiger partial charge in [0.05, 0.1) is 35.8 Å². The van der Waals surface area contributed by atoms with Crippen LogP contribution in [0.5, 0.6) is 0 Å². The van der Waals surface area contributed by atoms with E-state index in [0.717, 1.165) is 24.5 Å². The van der Waals surface area contributed by atoms with E-state index in [2.05, 4.69) is 20.1 Å². The van der Waals surface area contributed by atoms with Crippen LogP contribution in [0.1, 0.15) is 73.4 Å². The van der Waals surface area contributed by atoms with Gasteiger partial charge in [-0.3, -0.25) is 4.68 Å². The first kappa shape index (κ1) is 23.0. The van der Waals surface area contributed by atoms with E-state index in [1.54, 1.807) is 6.92 Å². The topological polar surface area (TPSA) is 78.6 Å². The predicted molar refractivity (Wildman–Crippen MR) is 126 cm³/mol. The highest BCUT2D eigenvalue weighted by molar-refractivity contribution is 5.87. The number of aryl methyl sites for hydroxylation is 2. The van der Waals surface area contributed by atoms with E-state index in [-0.39, 0.29) is 34.9 Å². The molecule has 1 aliphatic carbocycles. The first-order valence-electron chi connectivity index (χ1n) is 12.1. The lowest BCUT2D eigenvalue weighted by molar-refractivity contribution is -0.0511. The van der Waals surface area contributed by atoms with Crippen LogP contribution in [0.15, 0.2) is 24.5 Å². The van der Waals surface area contributed by atoms with Crippen molar-refractivity contribution in [2.75, 3.05) is 0 Å². The van der Waals surface area contributed by atoms with Gasteiger partial charge in [0, 0.05) is 29.3 Å². The molecule has 2 aliphatic rings. The van der Waals surface area contributed by atoms with E-state index in [1.165, 1.54) is 0 Å². The zero-order valence-electron chi connectivity index (χ0n) is 20.2. The summed E-state index contributed by atoms with van der Waals surface area (Å²) in [5.74, 6) is -3.02. The Labute approximate surface area is 205 Å². The van der Waals surface area contributed by atoms with Gasteiger partial charge in [-0.15, -0.1) is 0 Å². The number of ether oxygens (including phenoxy) is 1. The van der Waals surface area contributed by atoms with Gasteiger partial charge in [0.2, 0.25) is 0 Å². The van der Waals surface area contributed by atoms with Crippen LogP contribution in [0.4, 0.5) is 13.2 Å². The molecule has 4 heterocycles. The van der Waals surface area contributed by atoms with Gasteiger partial charge >= 0.3 is 0 Å². The van der Waals surface area contributed by atoms with Crippen molar-refractivity contribution in [3.63, 3.8) is 0 Å². The molecular weight excluding hydrogens is 469 g/mol. The summed E-state index contributed by atoms with van der Waals surface area (Å²) in [4.78, 5) is 18.5. The molecular formula is C26H25F3N6O. The van der Waals surface area contributed by atoms with Crippen molar-refractivity contribution in [2.24, 2.45) is 0 Å². The normalized spacial score (nSPS) is 22.3. The minimum absolute atomic E-state index is 0.0772. The molecule has 0 amide bonds. The number of aromatic nitrogens is 6. The molecule has 0 N–H and O–H groups in total. The number of hydrogen-bond acceptors (Lipinski definition) is 6. The second kappa shape index (κ2) is 8.62. The van der Waals surface area contributed by atoms with E-state index in [1.807, 2.05) is 30.9 Å². The van der Waals surface area contributed by atoms with Gasteiger partial charge in [-0.2, -0.15) is 5.10 Å². The summed E-state index contributed by atoms with van der Waals surface area (Å²) in [5.41, 5.74) is 2.75. The van der Waals surface area contributed by atoms with Crippen molar-refractivity contribution in [2.45, 2.75) is 70.6 Å². The quantitative estimate of drug-likeness (QED) is 0.340. The van der Waals surface area contributed by atoms with Gasteiger partial charge in [-0.25, -0.2) is 33.1 Å². The average molecular weight is 495 g/mol. The Kier molecular flexibility index (Phi) is 5.51. The third kappa shape index (κ3) is 4.13. The second-order valence-corrected chi connectivity index (χ2v) is 9.83. The lowest BCUT2D eigenvalue weighted by atomic mass is 9.89. The van der Waals surface area contributed by atoms with E-state index in [0.29, 0.717) is 47.8 Å². The Morgan fingerprint density at radius 1 is 0.917 bits per heavy atom.